The molecule has 0 amide bonds. The number of benzene rings is 1. The van der Waals surface area contributed by atoms with E-state index < -0.39 is 18.4 Å². The fourth-order valence-electron chi connectivity index (χ4n) is 1.29. The van der Waals surface area contributed by atoms with Crippen molar-refractivity contribution >= 4 is 0 Å². The van der Waals surface area contributed by atoms with E-state index in [2.05, 4.69) is 0 Å². The molecule has 0 aliphatic rings. The summed E-state index contributed by atoms with van der Waals surface area (Å²) < 4.78 is 43.1. The largest absolute Gasteiger partial charge is 0.423 e. The molecule has 90 valence electrons. The minimum atomic E-state index is -4.76. The molecule has 1 N–H and O–H groups in total. The van der Waals surface area contributed by atoms with Gasteiger partial charge in [-0.05, 0) is 12.5 Å². The van der Waals surface area contributed by atoms with E-state index in [-0.39, 0.29) is 12.2 Å². The van der Waals surface area contributed by atoms with Gasteiger partial charge in [-0.1, -0.05) is 30.3 Å². The zero-order chi connectivity index (χ0) is 12.2. The van der Waals surface area contributed by atoms with Crippen molar-refractivity contribution in [3.8, 4) is 0 Å². The number of alkyl halides is 3. The summed E-state index contributed by atoms with van der Waals surface area (Å²) in [5, 5.41) is 9.70. The fourth-order valence-corrected chi connectivity index (χ4v) is 1.29. The van der Waals surface area contributed by atoms with E-state index in [0.717, 1.165) is 0 Å². The number of aliphatic hydroxyl groups is 1. The third kappa shape index (κ3) is 2.54. The van der Waals surface area contributed by atoms with Crippen molar-refractivity contribution in [2.24, 2.45) is 0 Å². The van der Waals surface area contributed by atoms with E-state index in [1.807, 2.05) is 0 Å². The lowest BCUT2D eigenvalue weighted by atomic mass is 9.94. The molecule has 0 saturated carbocycles. The summed E-state index contributed by atoms with van der Waals surface area (Å²) in [6.45, 7) is 0.893. The highest BCUT2D eigenvalue weighted by Crippen LogP contribution is 2.38. The average molecular weight is 234 g/mol. The van der Waals surface area contributed by atoms with E-state index in [1.165, 1.54) is 24.3 Å². The third-order valence-corrected chi connectivity index (χ3v) is 2.24. The van der Waals surface area contributed by atoms with Gasteiger partial charge in [-0.3, -0.25) is 0 Å². The summed E-state index contributed by atoms with van der Waals surface area (Å²) in [7, 11) is 0. The van der Waals surface area contributed by atoms with Crippen molar-refractivity contribution in [1.29, 1.82) is 0 Å². The standard InChI is InChI=1S/C11H13F3O2/c1-2-16-8-10(15,11(12,13)14)9-6-4-3-5-7-9/h3-7,15H,2,8H2,1H3. The average Bonchev–Trinajstić information content (AvgIpc) is 2.25. The van der Waals surface area contributed by atoms with E-state index in [9.17, 15) is 18.3 Å². The van der Waals surface area contributed by atoms with Gasteiger partial charge in [0.1, 0.15) is 0 Å². The summed E-state index contributed by atoms with van der Waals surface area (Å²) in [4.78, 5) is 0. The van der Waals surface area contributed by atoms with E-state index in [0.29, 0.717) is 0 Å². The molecule has 0 aromatic heterocycles. The Morgan fingerprint density at radius 3 is 2.19 bits per heavy atom. The van der Waals surface area contributed by atoms with Gasteiger partial charge in [0.2, 0.25) is 5.60 Å². The SMILES string of the molecule is CCOCC(O)(c1ccccc1)C(F)(F)F. The van der Waals surface area contributed by atoms with Crippen LogP contribution in [0.3, 0.4) is 0 Å². The summed E-state index contributed by atoms with van der Waals surface area (Å²) in [6.07, 6.45) is -4.76. The van der Waals surface area contributed by atoms with Crippen LogP contribution in [-0.2, 0) is 10.3 Å². The highest BCUT2D eigenvalue weighted by Gasteiger charge is 2.55. The second kappa shape index (κ2) is 4.84. The van der Waals surface area contributed by atoms with Crippen LogP contribution in [0.1, 0.15) is 12.5 Å². The molecule has 0 spiro atoms. The zero-order valence-electron chi connectivity index (χ0n) is 8.79. The second-order valence-electron chi connectivity index (χ2n) is 3.36. The van der Waals surface area contributed by atoms with Crippen molar-refractivity contribution in [3.63, 3.8) is 0 Å². The van der Waals surface area contributed by atoms with Gasteiger partial charge in [-0.15, -0.1) is 0 Å². The molecule has 1 aromatic rings. The first kappa shape index (κ1) is 13.0. The predicted molar refractivity (Wildman–Crippen MR) is 52.9 cm³/mol. The minimum Gasteiger partial charge on any atom is -0.378 e. The summed E-state index contributed by atoms with van der Waals surface area (Å²) in [5.41, 5.74) is -3.15. The number of rotatable bonds is 4. The molecular formula is C11H13F3O2. The minimum absolute atomic E-state index is 0.116. The molecule has 5 heteroatoms. The smallest absolute Gasteiger partial charge is 0.378 e. The lowest BCUT2D eigenvalue weighted by molar-refractivity contribution is -0.281. The van der Waals surface area contributed by atoms with Crippen LogP contribution in [0.2, 0.25) is 0 Å². The lowest BCUT2D eigenvalue weighted by Crippen LogP contribution is -2.46. The maximum atomic E-state index is 12.8. The molecule has 0 fully saturated rings. The van der Waals surface area contributed by atoms with Crippen LogP contribution in [0.25, 0.3) is 0 Å². The molecule has 16 heavy (non-hydrogen) atoms. The molecule has 0 bridgehead atoms. The topological polar surface area (TPSA) is 29.5 Å². The molecule has 1 unspecified atom stereocenters. The number of halogens is 3. The maximum Gasteiger partial charge on any atom is 0.423 e. The van der Waals surface area contributed by atoms with Crippen LogP contribution in [0.4, 0.5) is 13.2 Å². The zero-order valence-corrected chi connectivity index (χ0v) is 8.79. The van der Waals surface area contributed by atoms with Crippen molar-refractivity contribution in [1.82, 2.24) is 0 Å². The van der Waals surface area contributed by atoms with E-state index in [1.54, 1.807) is 13.0 Å². The van der Waals surface area contributed by atoms with Crippen LogP contribution in [0.5, 0.6) is 0 Å². The van der Waals surface area contributed by atoms with Gasteiger partial charge in [0, 0.05) is 6.61 Å². The van der Waals surface area contributed by atoms with Gasteiger partial charge in [-0.25, -0.2) is 0 Å². The number of hydrogen-bond acceptors (Lipinski definition) is 2. The van der Waals surface area contributed by atoms with Gasteiger partial charge in [0.15, 0.2) is 0 Å². The maximum absolute atomic E-state index is 12.8. The molecule has 2 nitrogen and oxygen atoms in total. The van der Waals surface area contributed by atoms with Gasteiger partial charge in [-0.2, -0.15) is 13.2 Å². The molecule has 0 aliphatic heterocycles. The summed E-state index contributed by atoms with van der Waals surface area (Å²) >= 11 is 0. The highest BCUT2D eigenvalue weighted by atomic mass is 19.4. The Bertz CT molecular complexity index is 324. The molecule has 1 rings (SSSR count). The first-order chi connectivity index (χ1) is 7.42. The molecule has 0 radical (unpaired) electrons. The summed E-state index contributed by atoms with van der Waals surface area (Å²) in [5.74, 6) is 0. The quantitative estimate of drug-likeness (QED) is 0.867. The first-order valence-corrected chi connectivity index (χ1v) is 4.84. The summed E-state index contributed by atoms with van der Waals surface area (Å²) in [6, 6.07) is 6.93. The van der Waals surface area contributed by atoms with Crippen LogP contribution in [0.15, 0.2) is 30.3 Å². The van der Waals surface area contributed by atoms with Gasteiger partial charge >= 0.3 is 6.18 Å². The van der Waals surface area contributed by atoms with Gasteiger partial charge in [0.05, 0.1) is 6.61 Å². The Morgan fingerprint density at radius 2 is 1.75 bits per heavy atom. The molecular weight excluding hydrogens is 221 g/mol. The van der Waals surface area contributed by atoms with Crippen molar-refractivity contribution in [2.75, 3.05) is 13.2 Å². The normalized spacial score (nSPS) is 15.8. The molecule has 0 saturated heterocycles. The molecule has 1 aromatic carbocycles. The van der Waals surface area contributed by atoms with Crippen molar-refractivity contribution < 1.29 is 23.0 Å². The Kier molecular flexibility index (Phi) is 3.93. The number of hydrogen-bond donors (Lipinski definition) is 1. The Labute approximate surface area is 91.7 Å². The van der Waals surface area contributed by atoms with E-state index >= 15 is 0 Å². The van der Waals surface area contributed by atoms with Crippen molar-refractivity contribution in [3.05, 3.63) is 35.9 Å². The van der Waals surface area contributed by atoms with Gasteiger partial charge in [0.25, 0.3) is 0 Å². The third-order valence-electron chi connectivity index (χ3n) is 2.24. The fraction of sp³-hybridized carbons (Fsp3) is 0.455. The predicted octanol–water partition coefficient (Wildman–Crippen LogP) is 2.47. The second-order valence-corrected chi connectivity index (χ2v) is 3.36. The van der Waals surface area contributed by atoms with Gasteiger partial charge < -0.3 is 9.84 Å². The van der Waals surface area contributed by atoms with Crippen LogP contribution >= 0.6 is 0 Å². The van der Waals surface area contributed by atoms with Crippen molar-refractivity contribution in [2.45, 2.75) is 18.7 Å². The van der Waals surface area contributed by atoms with Crippen LogP contribution in [-0.4, -0.2) is 24.5 Å². The Balaban J connectivity index is 3.05. The highest BCUT2D eigenvalue weighted by molar-refractivity contribution is 5.24. The van der Waals surface area contributed by atoms with Crippen LogP contribution in [0, 0.1) is 0 Å². The molecule has 1 atom stereocenters. The van der Waals surface area contributed by atoms with E-state index in [4.69, 9.17) is 4.74 Å². The van der Waals surface area contributed by atoms with Crippen LogP contribution < -0.4 is 0 Å². The Morgan fingerprint density at radius 1 is 1.19 bits per heavy atom. The first-order valence-electron chi connectivity index (χ1n) is 4.84. The molecule has 0 aliphatic carbocycles. The number of ether oxygens (including phenoxy) is 1. The molecule has 0 heterocycles. The Hall–Kier alpha value is -1.07. The lowest BCUT2D eigenvalue weighted by Gasteiger charge is -2.30. The monoisotopic (exact) mass is 234 g/mol.